The number of hydrogen-bond acceptors (Lipinski definition) is 6. The Bertz CT molecular complexity index is 865. The van der Waals surface area contributed by atoms with Gasteiger partial charge in [-0.3, -0.25) is 9.69 Å². The van der Waals surface area contributed by atoms with Crippen LogP contribution in [0, 0.1) is 5.92 Å². The molecule has 0 aromatic carbocycles. The number of aromatic nitrogens is 3. The van der Waals surface area contributed by atoms with Crippen molar-refractivity contribution in [3.63, 3.8) is 0 Å². The van der Waals surface area contributed by atoms with Crippen molar-refractivity contribution in [3.8, 4) is 0 Å². The molecule has 1 saturated heterocycles. The van der Waals surface area contributed by atoms with E-state index in [1.807, 2.05) is 29.2 Å². The summed E-state index contributed by atoms with van der Waals surface area (Å²) in [7, 11) is 0. The van der Waals surface area contributed by atoms with Crippen molar-refractivity contribution < 1.29 is 0 Å². The van der Waals surface area contributed by atoms with Crippen LogP contribution in [-0.2, 0) is 25.3 Å². The zero-order chi connectivity index (χ0) is 18.2. The van der Waals surface area contributed by atoms with Gasteiger partial charge in [-0.1, -0.05) is 12.8 Å². The zero-order valence-electron chi connectivity index (χ0n) is 15.6. The summed E-state index contributed by atoms with van der Waals surface area (Å²) >= 11 is 3.74. The van der Waals surface area contributed by atoms with E-state index in [2.05, 4.69) is 15.4 Å². The molecule has 0 unspecified atom stereocenters. The maximum atomic E-state index is 12.3. The van der Waals surface area contributed by atoms with Crippen LogP contribution in [-0.4, -0.2) is 38.5 Å². The molecule has 0 atom stereocenters. The van der Waals surface area contributed by atoms with Crippen LogP contribution in [0.15, 0.2) is 16.2 Å². The Balaban J connectivity index is 1.15. The molecule has 2 aromatic heterocycles. The molecule has 5 rings (SSSR count). The van der Waals surface area contributed by atoms with Gasteiger partial charge in [-0.05, 0) is 24.2 Å². The average molecular weight is 403 g/mol. The summed E-state index contributed by atoms with van der Waals surface area (Å²) in [4.78, 5) is 19.7. The van der Waals surface area contributed by atoms with Crippen LogP contribution in [0.3, 0.4) is 0 Å². The predicted octanol–water partition coefficient (Wildman–Crippen LogP) is 3.28. The lowest BCUT2D eigenvalue weighted by atomic mass is 10.00. The summed E-state index contributed by atoms with van der Waals surface area (Å²) in [5.74, 6) is 3.30. The van der Waals surface area contributed by atoms with Crippen molar-refractivity contribution in [3.05, 3.63) is 43.8 Å². The first kappa shape index (κ1) is 17.9. The highest BCUT2D eigenvalue weighted by Gasteiger charge is 2.29. The van der Waals surface area contributed by atoms with Crippen LogP contribution in [0.5, 0.6) is 0 Å². The van der Waals surface area contributed by atoms with E-state index < -0.39 is 0 Å². The van der Waals surface area contributed by atoms with Gasteiger partial charge in [0.05, 0.1) is 22.9 Å². The molecule has 0 radical (unpaired) electrons. The van der Waals surface area contributed by atoms with Gasteiger partial charge in [0.1, 0.15) is 0 Å². The highest BCUT2D eigenvalue weighted by molar-refractivity contribution is 7.98. The van der Waals surface area contributed by atoms with Crippen molar-refractivity contribution in [2.24, 2.45) is 5.92 Å². The van der Waals surface area contributed by atoms with E-state index in [0.717, 1.165) is 55.4 Å². The highest BCUT2D eigenvalue weighted by Crippen LogP contribution is 2.36. The molecule has 7 heteroatoms. The molecule has 0 N–H and O–H groups in total. The standard InChI is InChI=1S/C20H26N4OS2/c25-19-7-16-12-26-6-5-18(16)22-24(19)10-14-8-23(9-14)11-17-13-27-20(21-17)15-3-1-2-4-15/h7,13-15H,1-6,8-12H2. The molecular weight excluding hydrogens is 376 g/mol. The van der Waals surface area contributed by atoms with Crippen LogP contribution in [0.25, 0.3) is 0 Å². The third-order valence-electron chi connectivity index (χ3n) is 6.03. The summed E-state index contributed by atoms with van der Waals surface area (Å²) in [5.41, 5.74) is 3.56. The van der Waals surface area contributed by atoms with E-state index in [-0.39, 0.29) is 5.56 Å². The molecule has 1 saturated carbocycles. The second-order valence-electron chi connectivity index (χ2n) is 8.16. The number of likely N-dealkylation sites (tertiary alicyclic amines) is 1. The lowest BCUT2D eigenvalue weighted by Crippen LogP contribution is -2.49. The van der Waals surface area contributed by atoms with Gasteiger partial charge >= 0.3 is 0 Å². The lowest BCUT2D eigenvalue weighted by molar-refractivity contribution is 0.0753. The molecule has 2 fully saturated rings. The third kappa shape index (κ3) is 3.87. The van der Waals surface area contributed by atoms with Crippen molar-refractivity contribution in [1.82, 2.24) is 19.7 Å². The quantitative estimate of drug-likeness (QED) is 0.768. The van der Waals surface area contributed by atoms with Gasteiger partial charge in [-0.25, -0.2) is 9.67 Å². The normalized spacial score (nSPS) is 21.3. The number of hydrogen-bond donors (Lipinski definition) is 0. The third-order valence-corrected chi connectivity index (χ3v) is 8.09. The summed E-state index contributed by atoms with van der Waals surface area (Å²) in [6.45, 7) is 3.78. The fourth-order valence-corrected chi connectivity index (χ4v) is 6.47. The molecular formula is C20H26N4OS2. The molecule has 144 valence electrons. The molecule has 5 nitrogen and oxygen atoms in total. The summed E-state index contributed by atoms with van der Waals surface area (Å²) in [6, 6.07) is 1.81. The van der Waals surface area contributed by atoms with Crippen LogP contribution in [0.1, 0.15) is 53.6 Å². The molecule has 0 amide bonds. The average Bonchev–Trinajstić information content (AvgIpc) is 3.31. The number of aryl methyl sites for hydroxylation is 1. The fourth-order valence-electron chi connectivity index (χ4n) is 4.53. The largest absolute Gasteiger partial charge is 0.297 e. The van der Waals surface area contributed by atoms with Crippen LogP contribution in [0.2, 0.25) is 0 Å². The minimum Gasteiger partial charge on any atom is -0.297 e. The van der Waals surface area contributed by atoms with Gasteiger partial charge in [-0.15, -0.1) is 11.3 Å². The van der Waals surface area contributed by atoms with Gasteiger partial charge in [-0.2, -0.15) is 16.9 Å². The first-order chi connectivity index (χ1) is 13.2. The van der Waals surface area contributed by atoms with Gasteiger partial charge in [0.15, 0.2) is 0 Å². The Kier molecular flexibility index (Phi) is 5.09. The second kappa shape index (κ2) is 7.68. The summed E-state index contributed by atoms with van der Waals surface area (Å²) < 4.78 is 1.71. The van der Waals surface area contributed by atoms with Gasteiger partial charge in [0.25, 0.3) is 5.56 Å². The zero-order valence-corrected chi connectivity index (χ0v) is 17.2. The molecule has 3 aliphatic rings. The molecule has 27 heavy (non-hydrogen) atoms. The van der Waals surface area contributed by atoms with E-state index in [1.165, 1.54) is 36.4 Å². The van der Waals surface area contributed by atoms with E-state index in [9.17, 15) is 4.79 Å². The highest BCUT2D eigenvalue weighted by atomic mass is 32.2. The Morgan fingerprint density at radius 1 is 1.22 bits per heavy atom. The van der Waals surface area contributed by atoms with E-state index >= 15 is 0 Å². The van der Waals surface area contributed by atoms with E-state index in [0.29, 0.717) is 11.8 Å². The SMILES string of the molecule is O=c1cc2c(nn1CC1CN(Cc3csc(C4CCCC4)n3)C1)CCSC2. The lowest BCUT2D eigenvalue weighted by Gasteiger charge is -2.38. The van der Waals surface area contributed by atoms with Gasteiger partial charge < -0.3 is 0 Å². The van der Waals surface area contributed by atoms with Crippen molar-refractivity contribution in [2.75, 3.05) is 18.8 Å². The Hall–Kier alpha value is -1.18. The number of fused-ring (bicyclic) bond motifs is 1. The van der Waals surface area contributed by atoms with Crippen LogP contribution >= 0.6 is 23.1 Å². The minimum atomic E-state index is 0.0652. The van der Waals surface area contributed by atoms with E-state index in [1.54, 1.807) is 4.68 Å². The van der Waals surface area contributed by atoms with Crippen molar-refractivity contribution in [1.29, 1.82) is 0 Å². The van der Waals surface area contributed by atoms with Crippen LogP contribution < -0.4 is 5.56 Å². The molecule has 2 aromatic rings. The van der Waals surface area contributed by atoms with Crippen LogP contribution in [0.4, 0.5) is 0 Å². The molecule has 0 bridgehead atoms. The van der Waals surface area contributed by atoms with Crippen molar-refractivity contribution in [2.45, 2.75) is 56.9 Å². The van der Waals surface area contributed by atoms with Gasteiger partial charge in [0, 0.05) is 55.1 Å². The molecule has 1 aliphatic carbocycles. The molecule has 2 aliphatic heterocycles. The Morgan fingerprint density at radius 2 is 2.07 bits per heavy atom. The van der Waals surface area contributed by atoms with Gasteiger partial charge in [0.2, 0.25) is 0 Å². The Labute approximate surface area is 168 Å². The first-order valence-electron chi connectivity index (χ1n) is 10.1. The Morgan fingerprint density at radius 3 is 2.93 bits per heavy atom. The first-order valence-corrected chi connectivity index (χ1v) is 12.1. The smallest absolute Gasteiger partial charge is 0.267 e. The topological polar surface area (TPSA) is 51.0 Å². The number of thioether (sulfide) groups is 1. The number of nitrogens with zero attached hydrogens (tertiary/aromatic N) is 4. The number of thiazole rings is 1. The molecule has 0 spiro atoms. The minimum absolute atomic E-state index is 0.0652. The fraction of sp³-hybridized carbons (Fsp3) is 0.650. The van der Waals surface area contributed by atoms with Crippen molar-refractivity contribution >= 4 is 23.1 Å². The monoisotopic (exact) mass is 402 g/mol. The summed E-state index contributed by atoms with van der Waals surface area (Å²) in [6.07, 6.45) is 6.36. The maximum Gasteiger partial charge on any atom is 0.267 e. The predicted molar refractivity (Wildman–Crippen MR) is 110 cm³/mol. The maximum absolute atomic E-state index is 12.3. The second-order valence-corrected chi connectivity index (χ2v) is 10.2. The molecule has 4 heterocycles. The number of rotatable bonds is 5. The summed E-state index contributed by atoms with van der Waals surface area (Å²) in [5, 5.41) is 8.25. The van der Waals surface area contributed by atoms with E-state index in [4.69, 9.17) is 4.98 Å².